The molecule has 1 aromatic carbocycles. The van der Waals surface area contributed by atoms with Crippen molar-refractivity contribution >= 4 is 42.9 Å². The molecule has 1 unspecified atom stereocenters. The van der Waals surface area contributed by atoms with Crippen LogP contribution >= 0.6 is 25.5 Å². The number of halogens is 2. The van der Waals surface area contributed by atoms with Crippen molar-refractivity contribution in [1.82, 2.24) is 0 Å². The molecule has 0 radical (unpaired) electrons. The summed E-state index contributed by atoms with van der Waals surface area (Å²) >= 11 is 5.66. The van der Waals surface area contributed by atoms with Crippen molar-refractivity contribution in [1.29, 1.82) is 0 Å². The third-order valence-corrected chi connectivity index (χ3v) is 16.1. The second-order valence-corrected chi connectivity index (χ2v) is 29.9. The molecule has 0 N–H and O–H groups in total. The van der Waals surface area contributed by atoms with E-state index in [1.807, 2.05) is 0 Å². The molecule has 1 fully saturated rings. The zero-order valence-electron chi connectivity index (χ0n) is 8.36. The van der Waals surface area contributed by atoms with Gasteiger partial charge < -0.3 is 0 Å². The molecule has 2 rings (SSSR count). The van der Waals surface area contributed by atoms with Crippen LogP contribution in [0.15, 0.2) is 30.3 Å². The summed E-state index contributed by atoms with van der Waals surface area (Å²) in [5.74, 6) is 0. The van der Waals surface area contributed by atoms with Crippen LogP contribution in [0.2, 0.25) is 4.47 Å². The molecule has 1 atom stereocenters. The van der Waals surface area contributed by atoms with Crippen LogP contribution in [0.5, 0.6) is 0 Å². The van der Waals surface area contributed by atoms with E-state index in [0.29, 0.717) is 6.10 Å². The molecule has 0 spiro atoms. The molecular weight excluding hydrogens is 436 g/mol. The Kier molecular flexibility index (Phi) is 4.55. The molecule has 84 valence electrons. The summed E-state index contributed by atoms with van der Waals surface area (Å²) < 4.78 is 8.30. The van der Waals surface area contributed by atoms with Gasteiger partial charge in [-0.2, -0.15) is 0 Å². The van der Waals surface area contributed by atoms with Gasteiger partial charge in [0.1, 0.15) is 0 Å². The summed E-state index contributed by atoms with van der Waals surface area (Å²) in [6, 6.07) is 10.7. The summed E-state index contributed by atoms with van der Waals surface area (Å²) in [6.07, 6.45) is 2.90. The van der Waals surface area contributed by atoms with E-state index >= 15 is 0 Å². The van der Waals surface area contributed by atoms with E-state index in [9.17, 15) is 0 Å². The van der Waals surface area contributed by atoms with Gasteiger partial charge in [0.2, 0.25) is 0 Å². The Labute approximate surface area is 107 Å². The molecule has 1 nitrogen and oxygen atoms in total. The first-order valence-electron chi connectivity index (χ1n) is 5.05. The maximum absolute atomic E-state index is 5.70. The molecule has 1 aliphatic rings. The number of hydrogen-bond donors (Lipinski definition) is 0. The Bertz CT molecular complexity index is 310. The second kappa shape index (κ2) is 5.51. The molecule has 1 aliphatic heterocycles. The van der Waals surface area contributed by atoms with Crippen molar-refractivity contribution in [3.8, 4) is 0 Å². The average Bonchev–Trinajstić information content (AvgIpc) is 2.71. The Morgan fingerprint density at radius 2 is 2.00 bits per heavy atom. The van der Waals surface area contributed by atoms with E-state index in [1.54, 1.807) is 0 Å². The van der Waals surface area contributed by atoms with Crippen molar-refractivity contribution in [2.24, 2.45) is 0 Å². The van der Waals surface area contributed by atoms with Crippen molar-refractivity contribution in [3.05, 3.63) is 30.3 Å². The topological polar surface area (TPSA) is 9.23 Å². The minimum atomic E-state index is -2.20. The first-order valence-corrected chi connectivity index (χ1v) is 18.3. The van der Waals surface area contributed by atoms with Crippen LogP contribution in [0.3, 0.4) is 0 Å². The van der Waals surface area contributed by atoms with E-state index in [2.05, 4.69) is 55.8 Å². The van der Waals surface area contributed by atoms with Crippen LogP contribution < -0.4 is 3.61 Å². The molecule has 0 amide bonds. The Morgan fingerprint density at radius 3 is 2.60 bits per heavy atom. The molecule has 0 aliphatic carbocycles. The van der Waals surface area contributed by atoms with Gasteiger partial charge in [-0.05, 0) is 0 Å². The number of ether oxygens (including phenoxy) is 1. The molecule has 0 aromatic heterocycles. The molecule has 0 bridgehead atoms. The van der Waals surface area contributed by atoms with E-state index in [4.69, 9.17) is 4.74 Å². The number of rotatable bonds is 3. The van der Waals surface area contributed by atoms with Crippen molar-refractivity contribution in [3.63, 3.8) is 0 Å². The van der Waals surface area contributed by atoms with E-state index < -0.39 is 13.8 Å². The van der Waals surface area contributed by atoms with Crippen molar-refractivity contribution in [2.75, 3.05) is 6.61 Å². The monoisotopic (exact) mass is 450 g/mol. The quantitative estimate of drug-likeness (QED) is 0.644. The number of hydrogen-bond acceptors (Lipinski definition) is 1. The third-order valence-electron chi connectivity index (χ3n) is 2.51. The number of benzene rings is 1. The summed E-state index contributed by atoms with van der Waals surface area (Å²) in [7, 11) is 0. The molecule has 0 saturated carbocycles. The molecule has 1 heterocycles. The summed E-state index contributed by atoms with van der Waals surface area (Å²) in [5, 5.41) is 0. The van der Waals surface area contributed by atoms with Gasteiger partial charge >= 0.3 is 108 Å². The maximum atomic E-state index is 5.70. The summed E-state index contributed by atoms with van der Waals surface area (Å²) in [4.78, 5) is 0. The first-order chi connectivity index (χ1) is 7.18. The van der Waals surface area contributed by atoms with Gasteiger partial charge in [0.25, 0.3) is 0 Å². The van der Waals surface area contributed by atoms with E-state index in [-0.39, 0.29) is 0 Å². The fourth-order valence-electron chi connectivity index (χ4n) is 1.73. The van der Waals surface area contributed by atoms with E-state index in [0.717, 1.165) is 11.1 Å². The fraction of sp³-hybridized carbons (Fsp3) is 0.455. The first kappa shape index (κ1) is 12.4. The van der Waals surface area contributed by atoms with Crippen molar-refractivity contribution < 1.29 is 4.74 Å². The van der Waals surface area contributed by atoms with Crippen molar-refractivity contribution in [2.45, 2.75) is 23.4 Å². The Hall–Kier alpha value is 0.930. The van der Waals surface area contributed by atoms with Gasteiger partial charge in [0, 0.05) is 0 Å². The third kappa shape index (κ3) is 3.44. The van der Waals surface area contributed by atoms with Gasteiger partial charge in [0.05, 0.1) is 0 Å². The average molecular weight is 450 g/mol. The van der Waals surface area contributed by atoms with Gasteiger partial charge in [0.15, 0.2) is 0 Å². The van der Waals surface area contributed by atoms with Crippen LogP contribution in [0.4, 0.5) is 0 Å². The van der Waals surface area contributed by atoms with Crippen LogP contribution in [0.1, 0.15) is 12.8 Å². The normalized spacial score (nSPS) is 22.9. The van der Waals surface area contributed by atoms with Gasteiger partial charge in [-0.1, -0.05) is 0 Å². The summed E-state index contributed by atoms with van der Waals surface area (Å²) in [6.45, 7) is 0.943. The van der Waals surface area contributed by atoms with Crippen LogP contribution in [-0.2, 0) is 4.74 Å². The van der Waals surface area contributed by atoms with Gasteiger partial charge in [-0.3, -0.25) is 0 Å². The van der Waals surface area contributed by atoms with Crippen LogP contribution in [0.25, 0.3) is 0 Å². The Balaban J connectivity index is 2.05. The van der Waals surface area contributed by atoms with Gasteiger partial charge in [-0.15, -0.1) is 0 Å². The zero-order valence-corrected chi connectivity index (χ0v) is 13.9. The standard InChI is InChI=1S/C11H14Br2OTe/c12-15(13,9-10-5-4-8-14-10)11-6-2-1-3-7-11/h1-3,6-7,10H,4-5,8-9H2. The second-order valence-electron chi connectivity index (χ2n) is 3.69. The minimum absolute atomic E-state index is 0.463. The fourth-order valence-corrected chi connectivity index (χ4v) is 12.8. The van der Waals surface area contributed by atoms with Crippen LogP contribution in [-0.4, -0.2) is 26.5 Å². The Morgan fingerprint density at radius 1 is 1.27 bits per heavy atom. The van der Waals surface area contributed by atoms with Gasteiger partial charge in [-0.25, -0.2) is 0 Å². The zero-order chi connectivity index (χ0) is 10.7. The molecule has 1 aromatic rings. The summed E-state index contributed by atoms with van der Waals surface area (Å²) in [5.41, 5.74) is 0. The molecule has 1 saturated heterocycles. The molecular formula is C11H14Br2OTe. The molecule has 15 heavy (non-hydrogen) atoms. The molecule has 4 heteroatoms. The SMILES string of the molecule is Br[Te](Br)(CC1CCCO1)c1ccccc1. The van der Waals surface area contributed by atoms with Crippen LogP contribution in [0, 0.1) is 0 Å². The predicted octanol–water partition coefficient (Wildman–Crippen LogP) is 3.30. The van der Waals surface area contributed by atoms with E-state index in [1.165, 1.54) is 16.5 Å². The predicted molar refractivity (Wildman–Crippen MR) is 73.5 cm³/mol.